The Labute approximate surface area is 116 Å². The highest BCUT2D eigenvalue weighted by atomic mass is 16.4. The van der Waals surface area contributed by atoms with Crippen LogP contribution in [-0.2, 0) is 17.9 Å². The molecule has 1 rings (SSSR count). The molecule has 0 radical (unpaired) electrons. The molecule has 0 saturated carbocycles. The number of hydrogen-bond donors (Lipinski definition) is 4. The van der Waals surface area contributed by atoms with Crippen LogP contribution in [0, 0.1) is 0 Å². The summed E-state index contributed by atoms with van der Waals surface area (Å²) in [6.45, 7) is 4.35. The van der Waals surface area contributed by atoms with Crippen molar-refractivity contribution in [1.29, 1.82) is 0 Å². The van der Waals surface area contributed by atoms with Crippen molar-refractivity contribution < 1.29 is 14.7 Å². The zero-order chi connectivity index (χ0) is 14.8. The van der Waals surface area contributed by atoms with Gasteiger partial charge >= 0.3 is 12.0 Å². The van der Waals surface area contributed by atoms with Gasteiger partial charge in [-0.3, -0.25) is 4.79 Å². The summed E-state index contributed by atoms with van der Waals surface area (Å²) < 4.78 is 1.20. The predicted octanol–water partition coefficient (Wildman–Crippen LogP) is -0.838. The van der Waals surface area contributed by atoms with Crippen LogP contribution in [0.5, 0.6) is 0 Å². The van der Waals surface area contributed by atoms with E-state index in [4.69, 9.17) is 5.11 Å². The van der Waals surface area contributed by atoms with E-state index in [0.29, 0.717) is 12.2 Å². The summed E-state index contributed by atoms with van der Waals surface area (Å²) in [5.41, 5.74) is 0.508. The highest BCUT2D eigenvalue weighted by molar-refractivity contribution is 5.73. The first-order valence-electron chi connectivity index (χ1n) is 6.45. The lowest BCUT2D eigenvalue weighted by Crippen LogP contribution is -2.36. The largest absolute Gasteiger partial charge is 0.480 e. The number of carbonyl (C=O) groups is 2. The number of hydrogen-bond acceptors (Lipinski definition) is 5. The predicted molar refractivity (Wildman–Crippen MR) is 71.1 cm³/mol. The summed E-state index contributed by atoms with van der Waals surface area (Å²) in [5.74, 6) is -0.993. The fourth-order valence-electron chi connectivity index (χ4n) is 1.46. The van der Waals surface area contributed by atoms with Gasteiger partial charge in [0, 0.05) is 6.54 Å². The molecular weight excluding hydrogens is 264 g/mol. The summed E-state index contributed by atoms with van der Waals surface area (Å²) >= 11 is 0. The van der Waals surface area contributed by atoms with Crippen LogP contribution in [-0.4, -0.2) is 51.7 Å². The molecule has 20 heavy (non-hydrogen) atoms. The van der Waals surface area contributed by atoms with E-state index in [1.54, 1.807) is 0 Å². The van der Waals surface area contributed by atoms with Crippen molar-refractivity contribution in [2.24, 2.45) is 0 Å². The molecule has 1 aromatic heterocycles. The summed E-state index contributed by atoms with van der Waals surface area (Å²) in [6, 6.07) is -0.283. The first kappa shape index (κ1) is 15.9. The molecule has 2 amide bonds. The van der Waals surface area contributed by atoms with E-state index in [1.807, 2.05) is 6.92 Å². The van der Waals surface area contributed by atoms with Gasteiger partial charge in [0.25, 0.3) is 0 Å². The Kier molecular flexibility index (Phi) is 7.04. The standard InChI is InChI=1S/C11H20N6O3/c1-2-12-4-3-5-13-11(20)14-6-9-7-17(16-15-9)8-10(18)19/h7,12H,2-6,8H2,1H3,(H,18,19)(H2,13,14,20). The van der Waals surface area contributed by atoms with E-state index in [-0.39, 0.29) is 19.1 Å². The summed E-state index contributed by atoms with van der Waals surface area (Å²) in [7, 11) is 0. The molecule has 1 aromatic rings. The van der Waals surface area contributed by atoms with E-state index < -0.39 is 5.97 Å². The minimum Gasteiger partial charge on any atom is -0.480 e. The van der Waals surface area contributed by atoms with Gasteiger partial charge in [0.2, 0.25) is 0 Å². The molecule has 0 atom stereocenters. The molecule has 0 spiro atoms. The van der Waals surface area contributed by atoms with Gasteiger partial charge in [0.1, 0.15) is 12.2 Å². The normalized spacial score (nSPS) is 10.2. The first-order chi connectivity index (χ1) is 9.61. The molecule has 0 fully saturated rings. The number of carboxylic acid groups (broad SMARTS) is 1. The fourth-order valence-corrected chi connectivity index (χ4v) is 1.46. The summed E-state index contributed by atoms with van der Waals surface area (Å²) in [5, 5.41) is 24.5. The topological polar surface area (TPSA) is 121 Å². The molecule has 1 heterocycles. The van der Waals surface area contributed by atoms with Crippen molar-refractivity contribution in [3.63, 3.8) is 0 Å². The van der Waals surface area contributed by atoms with Crippen molar-refractivity contribution in [2.45, 2.75) is 26.4 Å². The van der Waals surface area contributed by atoms with Crippen molar-refractivity contribution >= 4 is 12.0 Å². The van der Waals surface area contributed by atoms with E-state index in [1.165, 1.54) is 10.9 Å². The second kappa shape index (κ2) is 8.86. The lowest BCUT2D eigenvalue weighted by atomic mass is 10.4. The Morgan fingerprint density at radius 2 is 2.15 bits per heavy atom. The Morgan fingerprint density at radius 3 is 2.85 bits per heavy atom. The molecule has 0 aromatic carbocycles. The van der Waals surface area contributed by atoms with Crippen LogP contribution in [0.2, 0.25) is 0 Å². The molecule has 4 N–H and O–H groups in total. The molecule has 0 bridgehead atoms. The SMILES string of the molecule is CCNCCCNC(=O)NCc1cn(CC(=O)O)nn1. The number of nitrogens with one attached hydrogen (secondary N) is 3. The highest BCUT2D eigenvalue weighted by Gasteiger charge is 2.05. The van der Waals surface area contributed by atoms with Gasteiger partial charge in [0.05, 0.1) is 12.7 Å². The number of nitrogens with zero attached hydrogens (tertiary/aromatic N) is 3. The van der Waals surface area contributed by atoms with Gasteiger partial charge in [-0.15, -0.1) is 5.10 Å². The van der Waals surface area contributed by atoms with Gasteiger partial charge in [-0.1, -0.05) is 12.1 Å². The summed E-state index contributed by atoms with van der Waals surface area (Å²) in [4.78, 5) is 21.9. The molecule has 0 saturated heterocycles. The number of aromatic nitrogens is 3. The van der Waals surface area contributed by atoms with Crippen molar-refractivity contribution in [1.82, 2.24) is 30.9 Å². The lowest BCUT2D eigenvalue weighted by Gasteiger charge is -2.06. The first-order valence-corrected chi connectivity index (χ1v) is 6.45. The van der Waals surface area contributed by atoms with Crippen LogP contribution in [0.4, 0.5) is 4.79 Å². The van der Waals surface area contributed by atoms with Gasteiger partial charge in [-0.2, -0.15) is 0 Å². The van der Waals surface area contributed by atoms with Gasteiger partial charge in [-0.05, 0) is 19.5 Å². The van der Waals surface area contributed by atoms with E-state index in [9.17, 15) is 9.59 Å². The maximum Gasteiger partial charge on any atom is 0.325 e. The fraction of sp³-hybridized carbons (Fsp3) is 0.636. The maximum atomic E-state index is 11.4. The Balaban J connectivity index is 2.17. The van der Waals surface area contributed by atoms with Gasteiger partial charge in [-0.25, -0.2) is 9.48 Å². The third kappa shape index (κ3) is 6.69. The third-order valence-electron chi connectivity index (χ3n) is 2.38. The van der Waals surface area contributed by atoms with Crippen LogP contribution in [0.1, 0.15) is 19.0 Å². The van der Waals surface area contributed by atoms with Gasteiger partial charge in [0.15, 0.2) is 0 Å². The zero-order valence-corrected chi connectivity index (χ0v) is 11.4. The number of aliphatic carboxylic acids is 1. The zero-order valence-electron chi connectivity index (χ0n) is 11.4. The Bertz CT molecular complexity index is 434. The van der Waals surface area contributed by atoms with E-state index in [2.05, 4.69) is 26.3 Å². The number of carbonyl (C=O) groups excluding carboxylic acids is 1. The minimum absolute atomic E-state index is 0.207. The average molecular weight is 284 g/mol. The van der Waals surface area contributed by atoms with E-state index >= 15 is 0 Å². The number of rotatable bonds is 9. The monoisotopic (exact) mass is 284 g/mol. The molecule has 0 aliphatic heterocycles. The third-order valence-corrected chi connectivity index (χ3v) is 2.38. The molecular formula is C11H20N6O3. The Hall–Kier alpha value is -2.16. The van der Waals surface area contributed by atoms with Gasteiger partial charge < -0.3 is 21.1 Å². The average Bonchev–Trinajstić information content (AvgIpc) is 2.83. The van der Waals surface area contributed by atoms with Crippen LogP contribution < -0.4 is 16.0 Å². The molecule has 112 valence electrons. The molecule has 0 aliphatic carbocycles. The maximum absolute atomic E-state index is 11.4. The van der Waals surface area contributed by atoms with Crippen LogP contribution in [0.3, 0.4) is 0 Å². The van der Waals surface area contributed by atoms with Crippen molar-refractivity contribution in [3.8, 4) is 0 Å². The highest BCUT2D eigenvalue weighted by Crippen LogP contribution is 1.92. The van der Waals surface area contributed by atoms with Crippen molar-refractivity contribution in [3.05, 3.63) is 11.9 Å². The number of urea groups is 1. The molecule has 9 nitrogen and oxygen atoms in total. The molecule has 0 aliphatic rings. The van der Waals surface area contributed by atoms with Crippen LogP contribution in [0.15, 0.2) is 6.20 Å². The number of amides is 2. The van der Waals surface area contributed by atoms with E-state index in [0.717, 1.165) is 19.5 Å². The smallest absolute Gasteiger partial charge is 0.325 e. The minimum atomic E-state index is -0.993. The van der Waals surface area contributed by atoms with Crippen LogP contribution >= 0.6 is 0 Å². The lowest BCUT2D eigenvalue weighted by molar-refractivity contribution is -0.137. The van der Waals surface area contributed by atoms with Crippen molar-refractivity contribution in [2.75, 3.05) is 19.6 Å². The van der Waals surface area contributed by atoms with Crippen LogP contribution in [0.25, 0.3) is 0 Å². The number of carboxylic acids is 1. The summed E-state index contributed by atoms with van der Waals surface area (Å²) in [6.07, 6.45) is 2.34. The second-order valence-corrected chi connectivity index (χ2v) is 4.12. The quantitative estimate of drug-likeness (QED) is 0.439. The second-order valence-electron chi connectivity index (χ2n) is 4.12. The Morgan fingerprint density at radius 1 is 1.35 bits per heavy atom. The molecule has 9 heteroatoms. The molecule has 0 unspecified atom stereocenters.